The van der Waals surface area contributed by atoms with Gasteiger partial charge in [0.15, 0.2) is 5.78 Å². The zero-order valence-corrected chi connectivity index (χ0v) is 12.8. The normalized spacial score (nSPS) is 10.4. The summed E-state index contributed by atoms with van der Waals surface area (Å²) >= 11 is 6.03. The first-order chi connectivity index (χ1) is 9.43. The van der Waals surface area contributed by atoms with Crippen LogP contribution in [0.5, 0.6) is 5.75 Å². The van der Waals surface area contributed by atoms with Crippen molar-refractivity contribution in [3.8, 4) is 5.75 Å². The third kappa shape index (κ3) is 2.70. The van der Waals surface area contributed by atoms with Gasteiger partial charge in [0.05, 0.1) is 12.7 Å². The number of hydrogen-bond acceptors (Lipinski definition) is 2. The first-order valence-corrected chi connectivity index (χ1v) is 6.78. The second kappa shape index (κ2) is 5.68. The van der Waals surface area contributed by atoms with E-state index in [0.717, 1.165) is 16.7 Å². The van der Waals surface area contributed by atoms with Crippen LogP contribution in [0.4, 0.5) is 0 Å². The number of rotatable bonds is 3. The van der Waals surface area contributed by atoms with Crippen molar-refractivity contribution in [3.63, 3.8) is 0 Å². The molecule has 2 aromatic carbocycles. The first-order valence-electron chi connectivity index (χ1n) is 6.40. The summed E-state index contributed by atoms with van der Waals surface area (Å²) in [5.41, 5.74) is 4.19. The number of benzene rings is 2. The van der Waals surface area contributed by atoms with Gasteiger partial charge in [-0.15, -0.1) is 0 Å². The average molecular weight is 289 g/mol. The van der Waals surface area contributed by atoms with Gasteiger partial charge in [-0.2, -0.15) is 0 Å². The molecule has 0 saturated carbocycles. The molecule has 0 aliphatic carbocycles. The summed E-state index contributed by atoms with van der Waals surface area (Å²) < 4.78 is 5.41. The zero-order chi connectivity index (χ0) is 14.9. The molecule has 104 valence electrons. The Bertz CT molecular complexity index is 655. The molecule has 3 heteroatoms. The molecule has 0 heterocycles. The van der Waals surface area contributed by atoms with Gasteiger partial charge < -0.3 is 4.74 Å². The lowest BCUT2D eigenvalue weighted by Gasteiger charge is -2.13. The van der Waals surface area contributed by atoms with Crippen LogP contribution in [0.25, 0.3) is 0 Å². The standard InChI is InChI=1S/C17H17ClO2/c1-10-7-13(9-14(18)8-10)16(19)15-6-5-11(2)12(3)17(15)20-4/h5-9H,1-4H3. The minimum atomic E-state index is -0.0736. The Hall–Kier alpha value is -1.80. The van der Waals surface area contributed by atoms with E-state index in [0.29, 0.717) is 21.9 Å². The fourth-order valence-electron chi connectivity index (χ4n) is 2.25. The molecule has 0 spiro atoms. The third-order valence-corrected chi connectivity index (χ3v) is 3.65. The Balaban J connectivity index is 2.56. The maximum atomic E-state index is 12.7. The molecule has 0 unspecified atom stereocenters. The molecule has 2 rings (SSSR count). The van der Waals surface area contributed by atoms with E-state index in [1.807, 2.05) is 39.0 Å². The summed E-state index contributed by atoms with van der Waals surface area (Å²) in [6, 6.07) is 9.09. The number of carbonyl (C=O) groups is 1. The first kappa shape index (κ1) is 14.6. The molecule has 2 aromatic rings. The monoisotopic (exact) mass is 288 g/mol. The Morgan fingerprint density at radius 1 is 1.10 bits per heavy atom. The number of carbonyl (C=O) groups excluding carboxylic acids is 1. The highest BCUT2D eigenvalue weighted by atomic mass is 35.5. The van der Waals surface area contributed by atoms with E-state index in [9.17, 15) is 4.79 Å². The predicted octanol–water partition coefficient (Wildman–Crippen LogP) is 4.50. The molecule has 0 atom stereocenters. The van der Waals surface area contributed by atoms with Crippen molar-refractivity contribution in [2.24, 2.45) is 0 Å². The second-order valence-corrected chi connectivity index (χ2v) is 5.37. The molecule has 0 aliphatic rings. The van der Waals surface area contributed by atoms with E-state index in [-0.39, 0.29) is 5.78 Å². The lowest BCUT2D eigenvalue weighted by molar-refractivity contribution is 0.103. The molecule has 0 aromatic heterocycles. The number of methoxy groups -OCH3 is 1. The molecule has 0 N–H and O–H groups in total. The molecule has 0 amide bonds. The smallest absolute Gasteiger partial charge is 0.196 e. The molecular weight excluding hydrogens is 272 g/mol. The predicted molar refractivity (Wildman–Crippen MR) is 82.1 cm³/mol. The van der Waals surface area contributed by atoms with Crippen LogP contribution < -0.4 is 4.74 Å². The largest absolute Gasteiger partial charge is 0.496 e. The highest BCUT2D eigenvalue weighted by Crippen LogP contribution is 2.29. The highest BCUT2D eigenvalue weighted by Gasteiger charge is 2.17. The van der Waals surface area contributed by atoms with Crippen LogP contribution >= 0.6 is 11.6 Å². The summed E-state index contributed by atoms with van der Waals surface area (Å²) in [6.45, 7) is 5.87. The molecule has 0 fully saturated rings. The number of ketones is 1. The van der Waals surface area contributed by atoms with E-state index in [2.05, 4.69) is 0 Å². The maximum absolute atomic E-state index is 12.7. The summed E-state index contributed by atoms with van der Waals surface area (Å²) in [5.74, 6) is 0.558. The SMILES string of the molecule is COc1c(C(=O)c2cc(C)cc(Cl)c2)ccc(C)c1C. The van der Waals surface area contributed by atoms with E-state index in [1.165, 1.54) is 0 Å². The summed E-state index contributed by atoms with van der Waals surface area (Å²) in [6.07, 6.45) is 0. The number of aryl methyl sites for hydroxylation is 2. The minimum absolute atomic E-state index is 0.0736. The van der Waals surface area contributed by atoms with Crippen molar-refractivity contribution in [3.05, 3.63) is 63.2 Å². The van der Waals surface area contributed by atoms with Gasteiger partial charge >= 0.3 is 0 Å². The van der Waals surface area contributed by atoms with Crippen molar-refractivity contribution in [1.29, 1.82) is 0 Å². The van der Waals surface area contributed by atoms with Crippen molar-refractivity contribution in [2.75, 3.05) is 7.11 Å². The molecule has 2 nitrogen and oxygen atoms in total. The van der Waals surface area contributed by atoms with Gasteiger partial charge in [0, 0.05) is 10.6 Å². The van der Waals surface area contributed by atoms with Crippen molar-refractivity contribution in [2.45, 2.75) is 20.8 Å². The fraction of sp³-hybridized carbons (Fsp3) is 0.235. The van der Waals surface area contributed by atoms with Crippen LogP contribution in [0, 0.1) is 20.8 Å². The highest BCUT2D eigenvalue weighted by molar-refractivity contribution is 6.31. The topological polar surface area (TPSA) is 26.3 Å². The van der Waals surface area contributed by atoms with Crippen molar-refractivity contribution < 1.29 is 9.53 Å². The number of halogens is 1. The van der Waals surface area contributed by atoms with Gasteiger partial charge in [0.25, 0.3) is 0 Å². The summed E-state index contributed by atoms with van der Waals surface area (Å²) in [7, 11) is 1.59. The molecule has 0 aliphatic heterocycles. The van der Waals surface area contributed by atoms with E-state index >= 15 is 0 Å². The van der Waals surface area contributed by atoms with Gasteiger partial charge in [0.1, 0.15) is 5.75 Å². The Morgan fingerprint density at radius 3 is 2.40 bits per heavy atom. The Kier molecular flexibility index (Phi) is 4.15. The summed E-state index contributed by atoms with van der Waals surface area (Å²) in [5, 5.41) is 0.566. The lowest BCUT2D eigenvalue weighted by atomic mass is 9.97. The summed E-state index contributed by atoms with van der Waals surface area (Å²) in [4.78, 5) is 12.7. The molecule has 20 heavy (non-hydrogen) atoms. The van der Waals surface area contributed by atoms with Crippen LogP contribution in [0.2, 0.25) is 5.02 Å². The van der Waals surface area contributed by atoms with E-state index in [1.54, 1.807) is 19.2 Å². The Labute approximate surface area is 124 Å². The van der Waals surface area contributed by atoms with Crippen molar-refractivity contribution in [1.82, 2.24) is 0 Å². The lowest BCUT2D eigenvalue weighted by Crippen LogP contribution is -2.06. The second-order valence-electron chi connectivity index (χ2n) is 4.93. The van der Waals surface area contributed by atoms with Gasteiger partial charge in [-0.3, -0.25) is 4.79 Å². The van der Waals surface area contributed by atoms with Crippen LogP contribution in [0.15, 0.2) is 30.3 Å². The molecular formula is C17H17ClO2. The molecule has 0 bridgehead atoms. The molecule has 0 saturated heterocycles. The zero-order valence-electron chi connectivity index (χ0n) is 12.1. The van der Waals surface area contributed by atoms with Crippen LogP contribution in [-0.4, -0.2) is 12.9 Å². The van der Waals surface area contributed by atoms with Gasteiger partial charge in [0.2, 0.25) is 0 Å². The average Bonchev–Trinajstić information content (AvgIpc) is 2.39. The minimum Gasteiger partial charge on any atom is -0.496 e. The van der Waals surface area contributed by atoms with Gasteiger partial charge in [-0.1, -0.05) is 17.7 Å². The van der Waals surface area contributed by atoms with Crippen LogP contribution in [-0.2, 0) is 0 Å². The van der Waals surface area contributed by atoms with E-state index < -0.39 is 0 Å². The number of ether oxygens (including phenoxy) is 1. The van der Waals surface area contributed by atoms with E-state index in [4.69, 9.17) is 16.3 Å². The van der Waals surface area contributed by atoms with Gasteiger partial charge in [-0.05, 0) is 61.7 Å². The van der Waals surface area contributed by atoms with Gasteiger partial charge in [-0.25, -0.2) is 0 Å². The number of hydrogen-bond donors (Lipinski definition) is 0. The van der Waals surface area contributed by atoms with Crippen LogP contribution in [0.3, 0.4) is 0 Å². The van der Waals surface area contributed by atoms with Crippen LogP contribution in [0.1, 0.15) is 32.6 Å². The maximum Gasteiger partial charge on any atom is 0.196 e. The molecule has 0 radical (unpaired) electrons. The Morgan fingerprint density at radius 2 is 1.80 bits per heavy atom. The quantitative estimate of drug-likeness (QED) is 0.777. The van der Waals surface area contributed by atoms with Crippen molar-refractivity contribution >= 4 is 17.4 Å². The fourth-order valence-corrected chi connectivity index (χ4v) is 2.54. The third-order valence-electron chi connectivity index (χ3n) is 3.43.